The van der Waals surface area contributed by atoms with Crippen molar-refractivity contribution in [1.29, 1.82) is 0 Å². The number of aromatic nitrogens is 3. The van der Waals surface area contributed by atoms with Crippen LogP contribution in [0.25, 0.3) is 11.5 Å². The van der Waals surface area contributed by atoms with Crippen molar-refractivity contribution in [2.75, 3.05) is 18.4 Å². The van der Waals surface area contributed by atoms with Gasteiger partial charge in [0.1, 0.15) is 11.4 Å². The SMILES string of the molecule is Cc1cc(F)ccc1NC(=O)[C@H]1CCCN(C(=O)c2cnn(-c3ccccc3)c2-n2cccc2)C1. The number of hydrogen-bond acceptors (Lipinski definition) is 3. The molecule has 178 valence electrons. The number of halogens is 1. The Bertz CT molecular complexity index is 1350. The van der Waals surface area contributed by atoms with E-state index < -0.39 is 0 Å². The molecule has 1 saturated heterocycles. The number of anilines is 1. The van der Waals surface area contributed by atoms with Crippen LogP contribution in [0.1, 0.15) is 28.8 Å². The van der Waals surface area contributed by atoms with Gasteiger partial charge in [0.2, 0.25) is 5.91 Å². The molecule has 4 aromatic rings. The molecule has 7 nitrogen and oxygen atoms in total. The smallest absolute Gasteiger partial charge is 0.259 e. The molecule has 2 aromatic heterocycles. The third kappa shape index (κ3) is 4.59. The number of piperidine rings is 1. The molecule has 35 heavy (non-hydrogen) atoms. The molecule has 0 aliphatic carbocycles. The molecule has 0 bridgehead atoms. The van der Waals surface area contributed by atoms with Gasteiger partial charge in [0.15, 0.2) is 5.82 Å². The molecule has 0 unspecified atom stereocenters. The van der Waals surface area contributed by atoms with Gasteiger partial charge in [-0.25, -0.2) is 9.07 Å². The van der Waals surface area contributed by atoms with E-state index in [1.807, 2.05) is 59.4 Å². The van der Waals surface area contributed by atoms with Crippen LogP contribution in [-0.2, 0) is 4.79 Å². The van der Waals surface area contributed by atoms with Crippen molar-refractivity contribution >= 4 is 17.5 Å². The summed E-state index contributed by atoms with van der Waals surface area (Å²) in [7, 11) is 0. The molecule has 0 saturated carbocycles. The van der Waals surface area contributed by atoms with Crippen molar-refractivity contribution in [3.63, 3.8) is 0 Å². The summed E-state index contributed by atoms with van der Waals surface area (Å²) in [5, 5.41) is 7.43. The lowest BCUT2D eigenvalue weighted by Crippen LogP contribution is -2.44. The minimum Gasteiger partial charge on any atom is -0.338 e. The van der Waals surface area contributed by atoms with Crippen molar-refractivity contribution in [1.82, 2.24) is 19.2 Å². The van der Waals surface area contributed by atoms with Gasteiger partial charge in [-0.3, -0.25) is 9.59 Å². The first-order chi connectivity index (χ1) is 17.0. The van der Waals surface area contributed by atoms with Gasteiger partial charge in [0.05, 0.1) is 17.8 Å². The zero-order chi connectivity index (χ0) is 24.4. The normalized spacial score (nSPS) is 15.7. The lowest BCUT2D eigenvalue weighted by atomic mass is 9.96. The number of carbonyl (C=O) groups is 2. The van der Waals surface area contributed by atoms with E-state index in [2.05, 4.69) is 10.4 Å². The third-order valence-corrected chi connectivity index (χ3v) is 6.35. The van der Waals surface area contributed by atoms with Gasteiger partial charge < -0.3 is 14.8 Å². The predicted octanol–water partition coefficient (Wildman–Crippen LogP) is 4.60. The molecule has 0 spiro atoms. The Labute approximate surface area is 202 Å². The van der Waals surface area contributed by atoms with Crippen molar-refractivity contribution in [2.45, 2.75) is 19.8 Å². The van der Waals surface area contributed by atoms with Gasteiger partial charge in [0, 0.05) is 31.2 Å². The molecule has 5 rings (SSSR count). The van der Waals surface area contributed by atoms with Crippen LogP contribution in [0.5, 0.6) is 0 Å². The Hall–Kier alpha value is -4.20. The van der Waals surface area contributed by atoms with Gasteiger partial charge in [-0.15, -0.1) is 0 Å². The molecule has 0 radical (unpaired) electrons. The van der Waals surface area contributed by atoms with Crippen LogP contribution in [0.3, 0.4) is 0 Å². The standard InChI is InChI=1S/C27H26FN5O2/c1-19-16-21(28)11-12-24(19)30-25(34)20-8-7-15-32(18-20)27(35)23-17-29-33(22-9-3-2-4-10-22)26(23)31-13-5-6-14-31/h2-6,9-14,16-17,20H,7-8,15,18H2,1H3,(H,30,34)/t20-/m0/s1. The topological polar surface area (TPSA) is 72.2 Å². The third-order valence-electron chi connectivity index (χ3n) is 6.35. The Morgan fingerprint density at radius 1 is 1.06 bits per heavy atom. The molecule has 2 amide bonds. The van der Waals surface area contributed by atoms with Crippen LogP contribution in [0.15, 0.2) is 79.3 Å². The zero-order valence-corrected chi connectivity index (χ0v) is 19.4. The summed E-state index contributed by atoms with van der Waals surface area (Å²) in [6, 6.07) is 17.7. The van der Waals surface area contributed by atoms with E-state index in [1.54, 1.807) is 28.8 Å². The maximum absolute atomic E-state index is 13.7. The maximum atomic E-state index is 13.7. The summed E-state index contributed by atoms with van der Waals surface area (Å²) >= 11 is 0. The minimum atomic E-state index is -0.351. The molecule has 1 atom stereocenters. The average Bonchev–Trinajstić information content (AvgIpc) is 3.56. The number of hydrogen-bond donors (Lipinski definition) is 1. The number of amides is 2. The van der Waals surface area contributed by atoms with Crippen molar-refractivity contribution in [3.8, 4) is 11.5 Å². The summed E-state index contributed by atoms with van der Waals surface area (Å²) in [5.74, 6) is -0.366. The first-order valence-corrected chi connectivity index (χ1v) is 11.6. The number of para-hydroxylation sites is 1. The zero-order valence-electron chi connectivity index (χ0n) is 19.4. The molecular weight excluding hydrogens is 445 g/mol. The monoisotopic (exact) mass is 471 g/mol. The van der Waals surface area contributed by atoms with Crippen LogP contribution < -0.4 is 5.32 Å². The Kier molecular flexibility index (Phi) is 6.18. The van der Waals surface area contributed by atoms with Crippen molar-refractivity contribution < 1.29 is 14.0 Å². The number of likely N-dealkylation sites (tertiary alicyclic amines) is 1. The fraction of sp³-hybridized carbons (Fsp3) is 0.222. The quantitative estimate of drug-likeness (QED) is 0.462. The van der Waals surface area contributed by atoms with Crippen LogP contribution >= 0.6 is 0 Å². The first kappa shape index (κ1) is 22.6. The highest BCUT2D eigenvalue weighted by Gasteiger charge is 2.31. The van der Waals surface area contributed by atoms with Gasteiger partial charge in [-0.1, -0.05) is 18.2 Å². The summed E-state index contributed by atoms with van der Waals surface area (Å²) in [6.07, 6.45) is 6.76. The number of aryl methyl sites for hydroxylation is 1. The highest BCUT2D eigenvalue weighted by atomic mass is 19.1. The Morgan fingerprint density at radius 3 is 2.57 bits per heavy atom. The van der Waals surface area contributed by atoms with E-state index in [0.29, 0.717) is 42.1 Å². The highest BCUT2D eigenvalue weighted by molar-refractivity contribution is 5.98. The molecule has 3 heterocycles. The van der Waals surface area contributed by atoms with E-state index in [-0.39, 0.29) is 23.5 Å². The summed E-state index contributed by atoms with van der Waals surface area (Å²) in [4.78, 5) is 28.4. The average molecular weight is 472 g/mol. The lowest BCUT2D eigenvalue weighted by Gasteiger charge is -2.32. The van der Waals surface area contributed by atoms with E-state index >= 15 is 0 Å². The number of nitrogens with zero attached hydrogens (tertiary/aromatic N) is 4. The second-order valence-corrected chi connectivity index (χ2v) is 8.76. The van der Waals surface area contributed by atoms with Gasteiger partial charge in [0.25, 0.3) is 5.91 Å². The Morgan fingerprint density at radius 2 is 1.83 bits per heavy atom. The fourth-order valence-corrected chi connectivity index (χ4v) is 4.52. The second-order valence-electron chi connectivity index (χ2n) is 8.76. The largest absolute Gasteiger partial charge is 0.338 e. The number of nitrogens with one attached hydrogen (secondary N) is 1. The van der Waals surface area contributed by atoms with Crippen LogP contribution in [0.4, 0.5) is 10.1 Å². The fourth-order valence-electron chi connectivity index (χ4n) is 4.52. The van der Waals surface area contributed by atoms with E-state index in [4.69, 9.17) is 0 Å². The first-order valence-electron chi connectivity index (χ1n) is 11.6. The number of benzene rings is 2. The van der Waals surface area contributed by atoms with Crippen molar-refractivity contribution in [2.24, 2.45) is 5.92 Å². The van der Waals surface area contributed by atoms with Gasteiger partial charge in [-0.2, -0.15) is 5.10 Å². The van der Waals surface area contributed by atoms with Gasteiger partial charge >= 0.3 is 0 Å². The lowest BCUT2D eigenvalue weighted by molar-refractivity contribution is -0.121. The van der Waals surface area contributed by atoms with E-state index in [1.165, 1.54) is 12.1 Å². The second kappa shape index (κ2) is 9.58. The maximum Gasteiger partial charge on any atom is 0.259 e. The summed E-state index contributed by atoms with van der Waals surface area (Å²) < 4.78 is 17.0. The summed E-state index contributed by atoms with van der Waals surface area (Å²) in [5.41, 5.74) is 2.56. The van der Waals surface area contributed by atoms with Crippen LogP contribution in [0.2, 0.25) is 0 Å². The minimum absolute atomic E-state index is 0.161. The van der Waals surface area contributed by atoms with Crippen LogP contribution in [-0.4, -0.2) is 44.2 Å². The molecule has 1 aliphatic rings. The Balaban J connectivity index is 1.39. The number of rotatable bonds is 5. The molecule has 8 heteroatoms. The number of carbonyl (C=O) groups excluding carboxylic acids is 2. The molecule has 1 aliphatic heterocycles. The molecular formula is C27H26FN5O2. The molecule has 1 fully saturated rings. The van der Waals surface area contributed by atoms with Crippen LogP contribution in [0, 0.1) is 18.7 Å². The molecule has 2 aromatic carbocycles. The molecule has 1 N–H and O–H groups in total. The predicted molar refractivity (Wildman–Crippen MR) is 131 cm³/mol. The van der Waals surface area contributed by atoms with Gasteiger partial charge in [-0.05, 0) is 67.8 Å². The summed E-state index contributed by atoms with van der Waals surface area (Å²) in [6.45, 7) is 2.63. The van der Waals surface area contributed by atoms with Crippen molar-refractivity contribution in [3.05, 3.63) is 96.2 Å². The van der Waals surface area contributed by atoms with E-state index in [0.717, 1.165) is 12.1 Å². The van der Waals surface area contributed by atoms with E-state index in [9.17, 15) is 14.0 Å². The highest BCUT2D eigenvalue weighted by Crippen LogP contribution is 2.25.